The molecule has 16 heavy (non-hydrogen) atoms. The lowest BCUT2D eigenvalue weighted by atomic mass is 10.3. The number of ether oxygens (including phenoxy) is 1. The maximum Gasteiger partial charge on any atom is 0.260 e. The number of amides is 1. The lowest BCUT2D eigenvalue weighted by Crippen LogP contribution is -2.31. The number of hydrogen-bond donors (Lipinski definition) is 1. The lowest BCUT2D eigenvalue weighted by molar-refractivity contribution is -0.131. The summed E-state index contributed by atoms with van der Waals surface area (Å²) in [5, 5.41) is 0. The van der Waals surface area contributed by atoms with Gasteiger partial charge >= 0.3 is 0 Å². The highest BCUT2D eigenvalue weighted by atomic mass is 79.9. The summed E-state index contributed by atoms with van der Waals surface area (Å²) in [6.45, 7) is 2.61. The molecule has 5 heteroatoms. The Labute approximate surface area is 103 Å². The molecule has 0 saturated heterocycles. The van der Waals surface area contributed by atoms with Gasteiger partial charge in [-0.15, -0.1) is 0 Å². The molecule has 1 rings (SSSR count). The van der Waals surface area contributed by atoms with E-state index in [9.17, 15) is 4.79 Å². The fourth-order valence-electron chi connectivity index (χ4n) is 1.10. The van der Waals surface area contributed by atoms with Crippen molar-refractivity contribution in [2.24, 2.45) is 0 Å². The average molecular weight is 287 g/mol. The molecule has 0 saturated carbocycles. The van der Waals surface area contributed by atoms with Crippen molar-refractivity contribution < 1.29 is 9.53 Å². The van der Waals surface area contributed by atoms with Gasteiger partial charge in [-0.25, -0.2) is 0 Å². The van der Waals surface area contributed by atoms with Gasteiger partial charge < -0.3 is 15.4 Å². The van der Waals surface area contributed by atoms with E-state index in [2.05, 4.69) is 15.9 Å². The van der Waals surface area contributed by atoms with E-state index in [-0.39, 0.29) is 12.5 Å². The van der Waals surface area contributed by atoms with Crippen LogP contribution >= 0.6 is 15.9 Å². The van der Waals surface area contributed by atoms with Gasteiger partial charge in [0.1, 0.15) is 5.75 Å². The number of rotatable bonds is 4. The second-order valence-corrected chi connectivity index (χ2v) is 4.33. The molecule has 0 spiro atoms. The molecule has 0 aliphatic rings. The first kappa shape index (κ1) is 12.8. The Morgan fingerprint density at radius 1 is 1.50 bits per heavy atom. The van der Waals surface area contributed by atoms with Crippen LogP contribution in [0.5, 0.6) is 5.75 Å². The molecule has 0 heterocycles. The van der Waals surface area contributed by atoms with Gasteiger partial charge in [0.05, 0.1) is 0 Å². The summed E-state index contributed by atoms with van der Waals surface area (Å²) in [5.74, 6) is 0.533. The van der Waals surface area contributed by atoms with Gasteiger partial charge in [-0.05, 0) is 19.1 Å². The molecule has 0 atom stereocenters. The van der Waals surface area contributed by atoms with Crippen LogP contribution in [0.2, 0.25) is 0 Å². The van der Waals surface area contributed by atoms with Crippen molar-refractivity contribution >= 4 is 27.5 Å². The Hall–Kier alpha value is -1.23. The maximum atomic E-state index is 11.5. The van der Waals surface area contributed by atoms with Crippen LogP contribution in [-0.4, -0.2) is 31.0 Å². The number of nitrogens with zero attached hydrogens (tertiary/aromatic N) is 1. The summed E-state index contributed by atoms with van der Waals surface area (Å²) in [7, 11) is 1.74. The lowest BCUT2D eigenvalue weighted by Gasteiger charge is -2.15. The highest BCUT2D eigenvalue weighted by Crippen LogP contribution is 2.22. The van der Waals surface area contributed by atoms with Crippen LogP contribution < -0.4 is 10.5 Å². The zero-order valence-corrected chi connectivity index (χ0v) is 11.0. The third-order valence-corrected chi connectivity index (χ3v) is 2.61. The Morgan fingerprint density at radius 2 is 2.19 bits per heavy atom. The van der Waals surface area contributed by atoms with E-state index in [0.717, 1.165) is 4.47 Å². The molecule has 88 valence electrons. The second-order valence-electron chi connectivity index (χ2n) is 3.42. The first-order valence-electron chi connectivity index (χ1n) is 4.95. The molecule has 0 aromatic heterocycles. The van der Waals surface area contributed by atoms with Gasteiger partial charge in [-0.1, -0.05) is 15.9 Å². The molecule has 1 amide bonds. The van der Waals surface area contributed by atoms with Crippen LogP contribution in [0.15, 0.2) is 22.7 Å². The van der Waals surface area contributed by atoms with Gasteiger partial charge in [0.2, 0.25) is 0 Å². The second kappa shape index (κ2) is 5.75. The van der Waals surface area contributed by atoms with E-state index in [0.29, 0.717) is 18.0 Å². The summed E-state index contributed by atoms with van der Waals surface area (Å²) in [6.07, 6.45) is 0. The highest BCUT2D eigenvalue weighted by Gasteiger charge is 2.07. The molecule has 2 N–H and O–H groups in total. The minimum absolute atomic E-state index is 0.0280. The van der Waals surface area contributed by atoms with Crippen LogP contribution in [0.25, 0.3) is 0 Å². The number of likely N-dealkylation sites (N-methyl/N-ethyl adjacent to an activating group) is 1. The summed E-state index contributed by atoms with van der Waals surface area (Å²) in [4.78, 5) is 13.1. The van der Waals surface area contributed by atoms with E-state index >= 15 is 0 Å². The van der Waals surface area contributed by atoms with Gasteiger partial charge in [-0.2, -0.15) is 0 Å². The average Bonchev–Trinajstić information content (AvgIpc) is 2.23. The maximum absolute atomic E-state index is 11.5. The topological polar surface area (TPSA) is 55.6 Å². The third-order valence-electron chi connectivity index (χ3n) is 2.16. The molecule has 0 fully saturated rings. The van der Waals surface area contributed by atoms with Crippen molar-refractivity contribution in [2.75, 3.05) is 25.9 Å². The van der Waals surface area contributed by atoms with E-state index in [4.69, 9.17) is 10.5 Å². The number of nitrogen functional groups attached to an aromatic ring is 1. The fraction of sp³-hybridized carbons (Fsp3) is 0.364. The molecule has 1 aromatic rings. The van der Waals surface area contributed by atoms with Crippen LogP contribution in [0.3, 0.4) is 0 Å². The molecule has 0 unspecified atom stereocenters. The Morgan fingerprint density at radius 3 is 2.75 bits per heavy atom. The summed E-state index contributed by atoms with van der Waals surface area (Å²) < 4.78 is 6.18. The standard InChI is InChI=1S/C11H15BrN2O2/c1-3-14(2)11(15)7-16-10-5-8(12)4-9(13)6-10/h4-6H,3,7,13H2,1-2H3. The molecule has 0 radical (unpaired) electrons. The molecule has 4 nitrogen and oxygen atoms in total. The van der Waals surface area contributed by atoms with Crippen molar-refractivity contribution in [2.45, 2.75) is 6.92 Å². The monoisotopic (exact) mass is 286 g/mol. The first-order chi connectivity index (χ1) is 7.52. The number of carbonyl (C=O) groups is 1. The smallest absolute Gasteiger partial charge is 0.260 e. The minimum atomic E-state index is -0.0546. The minimum Gasteiger partial charge on any atom is -0.484 e. The Kier molecular flexibility index (Phi) is 4.61. The van der Waals surface area contributed by atoms with Crippen molar-refractivity contribution in [1.29, 1.82) is 0 Å². The molecule has 0 aliphatic carbocycles. The zero-order chi connectivity index (χ0) is 12.1. The number of hydrogen-bond acceptors (Lipinski definition) is 3. The van der Waals surface area contributed by atoms with Crippen LogP contribution in [-0.2, 0) is 4.79 Å². The Balaban J connectivity index is 2.58. The van der Waals surface area contributed by atoms with Crippen LogP contribution in [0.4, 0.5) is 5.69 Å². The van der Waals surface area contributed by atoms with Crippen molar-refractivity contribution in [3.8, 4) is 5.75 Å². The predicted octanol–water partition coefficient (Wildman–Crippen LogP) is 1.89. The Bertz CT molecular complexity index is 362. The van der Waals surface area contributed by atoms with Crippen LogP contribution in [0, 0.1) is 0 Å². The molecule has 0 bridgehead atoms. The highest BCUT2D eigenvalue weighted by molar-refractivity contribution is 9.10. The summed E-state index contributed by atoms with van der Waals surface area (Å²) in [6, 6.07) is 5.23. The number of carbonyl (C=O) groups excluding carboxylic acids is 1. The number of nitrogens with two attached hydrogens (primary N) is 1. The van der Waals surface area contributed by atoms with Crippen molar-refractivity contribution in [3.63, 3.8) is 0 Å². The van der Waals surface area contributed by atoms with Gasteiger partial charge in [0.15, 0.2) is 6.61 Å². The summed E-state index contributed by atoms with van der Waals surface area (Å²) >= 11 is 3.31. The largest absolute Gasteiger partial charge is 0.484 e. The number of benzene rings is 1. The van der Waals surface area contributed by atoms with Gasteiger partial charge in [-0.3, -0.25) is 4.79 Å². The van der Waals surface area contributed by atoms with Gasteiger partial charge in [0.25, 0.3) is 5.91 Å². The van der Waals surface area contributed by atoms with Crippen LogP contribution in [0.1, 0.15) is 6.92 Å². The fourth-order valence-corrected chi connectivity index (χ4v) is 1.59. The third kappa shape index (κ3) is 3.73. The van der Waals surface area contributed by atoms with E-state index < -0.39 is 0 Å². The molecule has 0 aliphatic heterocycles. The predicted molar refractivity (Wildman–Crippen MR) is 67.4 cm³/mol. The normalized spacial score (nSPS) is 9.94. The molecular weight excluding hydrogens is 272 g/mol. The van der Waals surface area contributed by atoms with E-state index in [1.165, 1.54) is 0 Å². The molecular formula is C11H15BrN2O2. The first-order valence-corrected chi connectivity index (χ1v) is 5.75. The van der Waals surface area contributed by atoms with Gasteiger partial charge in [0, 0.05) is 29.8 Å². The quantitative estimate of drug-likeness (QED) is 0.860. The SMILES string of the molecule is CCN(C)C(=O)COc1cc(N)cc(Br)c1. The number of halogens is 1. The molecule has 1 aromatic carbocycles. The number of anilines is 1. The summed E-state index contributed by atoms with van der Waals surface area (Å²) in [5.41, 5.74) is 6.24. The van der Waals surface area contributed by atoms with E-state index in [1.54, 1.807) is 30.1 Å². The van der Waals surface area contributed by atoms with Crippen molar-refractivity contribution in [1.82, 2.24) is 4.90 Å². The van der Waals surface area contributed by atoms with E-state index in [1.807, 2.05) is 6.92 Å². The van der Waals surface area contributed by atoms with Crippen molar-refractivity contribution in [3.05, 3.63) is 22.7 Å². The zero-order valence-electron chi connectivity index (χ0n) is 9.37.